The lowest BCUT2D eigenvalue weighted by Crippen LogP contribution is -2.26. The summed E-state index contributed by atoms with van der Waals surface area (Å²) in [6.45, 7) is 4.01. The van der Waals surface area contributed by atoms with Crippen LogP contribution in [-0.4, -0.2) is 20.7 Å². The fourth-order valence-corrected chi connectivity index (χ4v) is 4.14. The van der Waals surface area contributed by atoms with E-state index in [-0.39, 0.29) is 11.7 Å². The lowest BCUT2D eigenvalue weighted by Gasteiger charge is -2.22. The fourth-order valence-electron chi connectivity index (χ4n) is 3.23. The van der Waals surface area contributed by atoms with Gasteiger partial charge in [0.25, 0.3) is 5.56 Å². The molecule has 0 amide bonds. The summed E-state index contributed by atoms with van der Waals surface area (Å²) in [5.41, 5.74) is 3.89. The third kappa shape index (κ3) is 2.82. The molecule has 3 heterocycles. The Hall–Kier alpha value is -3.25. The molecule has 0 saturated carbocycles. The Bertz CT molecular complexity index is 1330. The number of aromatic nitrogens is 3. The minimum atomic E-state index is -0.155. The second-order valence-electron chi connectivity index (χ2n) is 6.85. The molecule has 1 unspecified atom stereocenters. The average Bonchev–Trinajstić information content (AvgIpc) is 3.23. The van der Waals surface area contributed by atoms with E-state index < -0.39 is 0 Å². The highest BCUT2D eigenvalue weighted by Crippen LogP contribution is 2.29. The third-order valence-electron chi connectivity index (χ3n) is 4.80. The molecule has 1 aliphatic rings. The Kier molecular flexibility index (Phi) is 3.87. The molecule has 0 N–H and O–H groups in total. The van der Waals surface area contributed by atoms with Gasteiger partial charge < -0.3 is 4.74 Å². The molecule has 0 saturated heterocycles. The summed E-state index contributed by atoms with van der Waals surface area (Å²) in [6.07, 6.45) is 3.83. The Balaban J connectivity index is 1.58. The van der Waals surface area contributed by atoms with E-state index in [2.05, 4.69) is 16.2 Å². The van der Waals surface area contributed by atoms with Crippen LogP contribution >= 0.6 is 11.3 Å². The number of nitrogens with zero attached hydrogens (tertiary/aromatic N) is 3. The van der Waals surface area contributed by atoms with E-state index in [4.69, 9.17) is 4.74 Å². The molecule has 0 fully saturated rings. The quantitative estimate of drug-likeness (QED) is 0.528. The number of thiazole rings is 1. The Morgan fingerprint density at radius 2 is 1.93 bits per heavy atom. The monoisotopic (exact) mass is 387 g/mol. The molecule has 138 valence electrons. The average molecular weight is 387 g/mol. The fraction of sp³-hybridized carbons (Fsp3) is 0.136. The molecule has 4 aromatic rings. The predicted octanol–water partition coefficient (Wildman–Crippen LogP) is 3.49. The lowest BCUT2D eigenvalue weighted by molar-refractivity contribution is 0.259. The summed E-state index contributed by atoms with van der Waals surface area (Å²) in [6, 6.07) is 15.8. The van der Waals surface area contributed by atoms with Crippen LogP contribution in [0.15, 0.2) is 58.9 Å². The topological polar surface area (TPSA) is 56.5 Å². The second kappa shape index (κ2) is 6.42. The van der Waals surface area contributed by atoms with E-state index in [0.717, 1.165) is 22.4 Å². The first kappa shape index (κ1) is 16.9. The van der Waals surface area contributed by atoms with Crippen LogP contribution in [0.5, 0.6) is 5.75 Å². The van der Waals surface area contributed by atoms with Gasteiger partial charge in [0.15, 0.2) is 5.82 Å². The molecular weight excluding hydrogens is 370 g/mol. The summed E-state index contributed by atoms with van der Waals surface area (Å²) >= 11 is 1.34. The highest BCUT2D eigenvalue weighted by atomic mass is 32.1. The maximum absolute atomic E-state index is 12.8. The van der Waals surface area contributed by atoms with E-state index in [1.165, 1.54) is 21.4 Å². The smallest absolute Gasteiger partial charge is 0.291 e. The van der Waals surface area contributed by atoms with Gasteiger partial charge >= 0.3 is 0 Å². The van der Waals surface area contributed by atoms with Crippen molar-refractivity contribution in [3.8, 4) is 17.1 Å². The maximum Gasteiger partial charge on any atom is 0.291 e. The normalized spacial score (nSPS) is 16.7. The van der Waals surface area contributed by atoms with Gasteiger partial charge in [-0.1, -0.05) is 59.4 Å². The van der Waals surface area contributed by atoms with Gasteiger partial charge in [-0.3, -0.25) is 4.79 Å². The van der Waals surface area contributed by atoms with Crippen LogP contribution in [0.1, 0.15) is 18.1 Å². The van der Waals surface area contributed by atoms with E-state index in [9.17, 15) is 4.79 Å². The summed E-state index contributed by atoms with van der Waals surface area (Å²) < 4.78 is 7.95. The Morgan fingerprint density at radius 3 is 2.71 bits per heavy atom. The molecule has 1 atom stereocenters. The molecule has 0 radical (unpaired) electrons. The van der Waals surface area contributed by atoms with Gasteiger partial charge in [-0.2, -0.15) is 9.50 Å². The van der Waals surface area contributed by atoms with Crippen molar-refractivity contribution in [2.24, 2.45) is 0 Å². The van der Waals surface area contributed by atoms with Gasteiger partial charge in [0.1, 0.15) is 11.9 Å². The molecule has 6 heteroatoms. The number of ether oxygens (including phenoxy) is 1. The Labute approximate surface area is 165 Å². The lowest BCUT2D eigenvalue weighted by atomic mass is 10.0. The first-order valence-electron chi connectivity index (χ1n) is 9.04. The molecule has 0 aliphatic carbocycles. The number of hydrogen-bond acceptors (Lipinski definition) is 5. The van der Waals surface area contributed by atoms with E-state index in [0.29, 0.717) is 15.3 Å². The molecule has 5 rings (SSSR count). The van der Waals surface area contributed by atoms with Gasteiger partial charge in [0.2, 0.25) is 4.96 Å². The number of rotatable bonds is 2. The van der Waals surface area contributed by atoms with Crippen molar-refractivity contribution >= 4 is 28.4 Å². The third-order valence-corrected chi connectivity index (χ3v) is 5.76. The van der Waals surface area contributed by atoms with Gasteiger partial charge in [-0.25, -0.2) is 0 Å². The van der Waals surface area contributed by atoms with Crippen molar-refractivity contribution in [2.45, 2.75) is 20.0 Å². The first-order valence-corrected chi connectivity index (χ1v) is 9.86. The number of fused-ring (bicyclic) bond motifs is 2. The van der Waals surface area contributed by atoms with Gasteiger partial charge in [0, 0.05) is 11.1 Å². The van der Waals surface area contributed by atoms with Crippen LogP contribution in [0.25, 0.3) is 28.5 Å². The zero-order valence-electron chi connectivity index (χ0n) is 15.4. The molecule has 2 aromatic heterocycles. The predicted molar refractivity (Wildman–Crippen MR) is 111 cm³/mol. The van der Waals surface area contributed by atoms with Crippen molar-refractivity contribution in [2.75, 3.05) is 0 Å². The van der Waals surface area contributed by atoms with Crippen molar-refractivity contribution in [3.63, 3.8) is 0 Å². The minimum absolute atomic E-state index is 0.125. The van der Waals surface area contributed by atoms with E-state index in [1.54, 1.807) is 0 Å². The summed E-state index contributed by atoms with van der Waals surface area (Å²) in [4.78, 5) is 18.0. The van der Waals surface area contributed by atoms with Crippen molar-refractivity contribution in [1.82, 2.24) is 14.6 Å². The molecule has 0 bridgehead atoms. The number of para-hydroxylation sites is 1. The highest BCUT2D eigenvalue weighted by Gasteiger charge is 2.18. The summed E-state index contributed by atoms with van der Waals surface area (Å²) in [5.74, 6) is 1.43. The Morgan fingerprint density at radius 1 is 1.14 bits per heavy atom. The van der Waals surface area contributed by atoms with Crippen LogP contribution < -0.4 is 14.8 Å². The van der Waals surface area contributed by atoms with Crippen LogP contribution in [0.2, 0.25) is 0 Å². The van der Waals surface area contributed by atoms with Gasteiger partial charge in [0.05, 0.1) is 4.53 Å². The second-order valence-corrected chi connectivity index (χ2v) is 7.86. The number of benzene rings is 2. The highest BCUT2D eigenvalue weighted by molar-refractivity contribution is 7.15. The van der Waals surface area contributed by atoms with Gasteiger partial charge in [-0.15, -0.1) is 5.10 Å². The molecule has 28 heavy (non-hydrogen) atoms. The molecule has 1 aliphatic heterocycles. The summed E-state index contributed by atoms with van der Waals surface area (Å²) in [7, 11) is 0. The van der Waals surface area contributed by atoms with Crippen molar-refractivity contribution in [3.05, 3.63) is 80.1 Å². The number of aryl methyl sites for hydroxylation is 1. The van der Waals surface area contributed by atoms with E-state index >= 15 is 0 Å². The van der Waals surface area contributed by atoms with E-state index in [1.807, 2.05) is 68.5 Å². The van der Waals surface area contributed by atoms with Crippen molar-refractivity contribution < 1.29 is 4.74 Å². The van der Waals surface area contributed by atoms with Crippen LogP contribution in [-0.2, 0) is 0 Å². The molecule has 5 nitrogen and oxygen atoms in total. The summed E-state index contributed by atoms with van der Waals surface area (Å²) in [5, 5.41) is 4.41. The first-order chi connectivity index (χ1) is 13.6. The standard InChI is InChI=1S/C22H17N3O2S/c1-13-7-9-15(10-8-13)20-23-22-25(24-20)21(26)19(28-22)12-17-11-16-5-3-4-6-18(16)27-14(17)2/h3-12,14H,1-2H3/b19-12-. The maximum atomic E-state index is 12.8. The SMILES string of the molecule is Cc1ccc(-c2nc3s/c(=C\C4=Cc5ccccc5OC4C)c(=O)n3n2)cc1. The minimum Gasteiger partial charge on any atom is -0.485 e. The number of hydrogen-bond donors (Lipinski definition) is 0. The zero-order valence-corrected chi connectivity index (χ0v) is 16.2. The van der Waals surface area contributed by atoms with Crippen LogP contribution in [0.4, 0.5) is 0 Å². The van der Waals surface area contributed by atoms with Crippen LogP contribution in [0.3, 0.4) is 0 Å². The molecule has 2 aromatic carbocycles. The van der Waals surface area contributed by atoms with Crippen LogP contribution in [0, 0.1) is 6.92 Å². The molecular formula is C22H17N3O2S. The zero-order chi connectivity index (χ0) is 19.3. The molecule has 0 spiro atoms. The van der Waals surface area contributed by atoms with Crippen molar-refractivity contribution in [1.29, 1.82) is 0 Å². The van der Waals surface area contributed by atoms with Gasteiger partial charge in [-0.05, 0) is 37.6 Å². The largest absolute Gasteiger partial charge is 0.485 e.